The Kier molecular flexibility index (Phi) is 6.02. The molecule has 1 atom stereocenters. The van der Waals surface area contributed by atoms with Crippen LogP contribution in [0.1, 0.15) is 22.6 Å². The number of likely N-dealkylation sites (N-methyl/N-ethyl adjacent to an activating group) is 1. The summed E-state index contributed by atoms with van der Waals surface area (Å²) in [6, 6.07) is 4.37. The lowest BCUT2D eigenvalue weighted by molar-refractivity contribution is 0.183. The highest BCUT2D eigenvalue weighted by molar-refractivity contribution is 7.11. The van der Waals surface area contributed by atoms with Crippen LogP contribution in [0, 0.1) is 6.92 Å². The van der Waals surface area contributed by atoms with Gasteiger partial charge in [-0.15, -0.1) is 11.3 Å². The molecule has 2 rings (SSSR count). The van der Waals surface area contributed by atoms with Crippen molar-refractivity contribution in [1.29, 1.82) is 0 Å². The van der Waals surface area contributed by atoms with E-state index in [0.29, 0.717) is 19.5 Å². The van der Waals surface area contributed by atoms with Crippen molar-refractivity contribution in [2.45, 2.75) is 32.4 Å². The molecule has 21 heavy (non-hydrogen) atoms. The summed E-state index contributed by atoms with van der Waals surface area (Å²) in [6.45, 7) is 5.33. The minimum atomic E-state index is -0.0187. The fraction of sp³-hybridized carbons (Fsp3) is 0.667. The van der Waals surface area contributed by atoms with E-state index in [1.807, 2.05) is 0 Å². The van der Waals surface area contributed by atoms with Crippen LogP contribution in [0.15, 0.2) is 12.1 Å². The number of amides is 2. The van der Waals surface area contributed by atoms with Crippen molar-refractivity contribution in [3.05, 3.63) is 21.9 Å². The maximum atomic E-state index is 12.4. The average Bonchev–Trinajstić information content (AvgIpc) is 3.03. The second kappa shape index (κ2) is 7.77. The van der Waals surface area contributed by atoms with Crippen LogP contribution < -0.4 is 5.32 Å². The van der Waals surface area contributed by atoms with Crippen molar-refractivity contribution in [2.75, 3.05) is 33.3 Å². The average molecular weight is 311 g/mol. The number of hydrogen-bond donors (Lipinski definition) is 2. The number of carbonyl (C=O) groups excluding carboxylic acids is 1. The Hall–Kier alpha value is -1.11. The Bertz CT molecular complexity index is 464. The van der Waals surface area contributed by atoms with E-state index in [-0.39, 0.29) is 18.7 Å². The van der Waals surface area contributed by atoms with Gasteiger partial charge in [-0.3, -0.25) is 0 Å². The normalized spacial score (nSPS) is 18.9. The number of nitrogens with zero attached hydrogens (tertiary/aromatic N) is 2. The molecule has 0 aromatic carbocycles. The minimum absolute atomic E-state index is 0.0187. The first-order valence-electron chi connectivity index (χ1n) is 7.48. The van der Waals surface area contributed by atoms with Crippen molar-refractivity contribution >= 4 is 17.4 Å². The number of thiophene rings is 1. The molecule has 6 heteroatoms. The molecule has 118 valence electrons. The number of urea groups is 1. The molecular formula is C15H25N3O2S. The molecular weight excluding hydrogens is 286 g/mol. The third-order valence-electron chi connectivity index (χ3n) is 3.74. The van der Waals surface area contributed by atoms with E-state index in [9.17, 15) is 4.79 Å². The number of likely N-dealkylation sites (tertiary alicyclic amines) is 1. The van der Waals surface area contributed by atoms with Gasteiger partial charge in [0.25, 0.3) is 0 Å². The van der Waals surface area contributed by atoms with Crippen molar-refractivity contribution in [3.63, 3.8) is 0 Å². The topological polar surface area (TPSA) is 55.8 Å². The van der Waals surface area contributed by atoms with Gasteiger partial charge in [-0.1, -0.05) is 0 Å². The number of carbonyl (C=O) groups is 1. The maximum absolute atomic E-state index is 12.4. The van der Waals surface area contributed by atoms with Crippen LogP contribution in [-0.2, 0) is 6.54 Å². The SMILES string of the molecule is Cc1ccc(CN(CCCO)C(=O)N[C@H]2CCN(C)C2)s1. The van der Waals surface area contributed by atoms with Crippen molar-refractivity contribution in [1.82, 2.24) is 15.1 Å². The van der Waals surface area contributed by atoms with E-state index in [1.54, 1.807) is 16.2 Å². The molecule has 0 spiro atoms. The monoisotopic (exact) mass is 311 g/mol. The Balaban J connectivity index is 1.92. The van der Waals surface area contributed by atoms with Crippen molar-refractivity contribution in [2.24, 2.45) is 0 Å². The van der Waals surface area contributed by atoms with E-state index in [0.717, 1.165) is 19.5 Å². The van der Waals surface area contributed by atoms with E-state index in [2.05, 4.69) is 36.3 Å². The standard InChI is InChI=1S/C15H25N3O2S/c1-12-4-5-14(21-12)11-18(7-3-9-19)15(20)16-13-6-8-17(2)10-13/h4-5,13,19H,3,6-11H2,1-2H3,(H,16,20)/t13-/m0/s1. The van der Waals surface area contributed by atoms with Gasteiger partial charge in [0.2, 0.25) is 0 Å². The number of hydrogen-bond acceptors (Lipinski definition) is 4. The quantitative estimate of drug-likeness (QED) is 0.840. The highest BCUT2D eigenvalue weighted by atomic mass is 32.1. The number of aryl methyl sites for hydroxylation is 1. The van der Waals surface area contributed by atoms with Crippen molar-refractivity contribution in [3.8, 4) is 0 Å². The molecule has 1 aliphatic heterocycles. The first kappa shape index (κ1) is 16.3. The molecule has 0 radical (unpaired) electrons. The summed E-state index contributed by atoms with van der Waals surface area (Å²) in [5.74, 6) is 0. The molecule has 0 unspecified atom stereocenters. The summed E-state index contributed by atoms with van der Waals surface area (Å²) in [7, 11) is 2.07. The first-order valence-corrected chi connectivity index (χ1v) is 8.30. The van der Waals surface area contributed by atoms with Crippen LogP contribution in [0.5, 0.6) is 0 Å². The summed E-state index contributed by atoms with van der Waals surface area (Å²) >= 11 is 1.72. The molecule has 2 N–H and O–H groups in total. The van der Waals surface area contributed by atoms with E-state index in [1.165, 1.54) is 9.75 Å². The molecule has 0 aliphatic carbocycles. The van der Waals surface area contributed by atoms with Crippen LogP contribution >= 0.6 is 11.3 Å². The molecule has 1 saturated heterocycles. The summed E-state index contributed by atoms with van der Waals surface area (Å²) in [6.07, 6.45) is 1.62. The molecule has 2 amide bonds. The van der Waals surface area contributed by atoms with Crippen LogP contribution in [-0.4, -0.2) is 60.3 Å². The smallest absolute Gasteiger partial charge is 0.317 e. The van der Waals surface area contributed by atoms with Gasteiger partial charge in [0.05, 0.1) is 6.54 Å². The summed E-state index contributed by atoms with van der Waals surface area (Å²) < 4.78 is 0. The number of rotatable bonds is 6. The number of nitrogens with one attached hydrogen (secondary N) is 1. The van der Waals surface area contributed by atoms with Crippen LogP contribution in [0.2, 0.25) is 0 Å². The summed E-state index contributed by atoms with van der Waals surface area (Å²) in [4.78, 5) is 18.9. The van der Waals surface area contributed by atoms with Gasteiger partial charge in [0.15, 0.2) is 0 Å². The van der Waals surface area contributed by atoms with Crippen LogP contribution in [0.4, 0.5) is 4.79 Å². The van der Waals surface area contributed by atoms with Gasteiger partial charge in [0.1, 0.15) is 0 Å². The molecule has 5 nitrogen and oxygen atoms in total. The third-order valence-corrected chi connectivity index (χ3v) is 4.72. The molecule has 1 fully saturated rings. The number of aliphatic hydroxyl groups is 1. The van der Waals surface area contributed by atoms with Gasteiger partial charge in [-0.05, 0) is 45.5 Å². The zero-order chi connectivity index (χ0) is 15.2. The molecule has 1 aromatic rings. The lowest BCUT2D eigenvalue weighted by Gasteiger charge is -2.24. The summed E-state index contributed by atoms with van der Waals surface area (Å²) in [5.41, 5.74) is 0. The predicted octanol–water partition coefficient (Wildman–Crippen LogP) is 1.65. The van der Waals surface area contributed by atoms with E-state index >= 15 is 0 Å². The minimum Gasteiger partial charge on any atom is -0.396 e. The lowest BCUT2D eigenvalue weighted by atomic mass is 10.2. The van der Waals surface area contributed by atoms with Gasteiger partial charge < -0.3 is 20.2 Å². The zero-order valence-corrected chi connectivity index (χ0v) is 13.7. The highest BCUT2D eigenvalue weighted by Gasteiger charge is 2.23. The van der Waals surface area contributed by atoms with Gasteiger partial charge in [-0.25, -0.2) is 4.79 Å². The van der Waals surface area contributed by atoms with E-state index < -0.39 is 0 Å². The highest BCUT2D eigenvalue weighted by Crippen LogP contribution is 2.17. The second-order valence-corrected chi connectivity index (χ2v) is 7.08. The Morgan fingerprint density at radius 3 is 2.95 bits per heavy atom. The fourth-order valence-electron chi connectivity index (χ4n) is 2.59. The third kappa shape index (κ3) is 4.98. The zero-order valence-electron chi connectivity index (χ0n) is 12.8. The maximum Gasteiger partial charge on any atom is 0.317 e. The van der Waals surface area contributed by atoms with Crippen LogP contribution in [0.3, 0.4) is 0 Å². The van der Waals surface area contributed by atoms with Gasteiger partial charge >= 0.3 is 6.03 Å². The fourth-order valence-corrected chi connectivity index (χ4v) is 3.50. The van der Waals surface area contributed by atoms with E-state index in [4.69, 9.17) is 5.11 Å². The van der Waals surface area contributed by atoms with Crippen LogP contribution in [0.25, 0.3) is 0 Å². The molecule has 1 aliphatic rings. The summed E-state index contributed by atoms with van der Waals surface area (Å²) in [5, 5.41) is 12.1. The Labute approximate surface area is 130 Å². The molecule has 1 aromatic heterocycles. The lowest BCUT2D eigenvalue weighted by Crippen LogP contribution is -2.45. The molecule has 0 saturated carbocycles. The Morgan fingerprint density at radius 1 is 1.57 bits per heavy atom. The molecule has 0 bridgehead atoms. The van der Waals surface area contributed by atoms with Crippen molar-refractivity contribution < 1.29 is 9.90 Å². The Morgan fingerprint density at radius 2 is 2.38 bits per heavy atom. The van der Waals surface area contributed by atoms with Gasteiger partial charge in [0, 0.05) is 35.5 Å². The number of aliphatic hydroxyl groups excluding tert-OH is 1. The largest absolute Gasteiger partial charge is 0.396 e. The first-order chi connectivity index (χ1) is 10.1. The molecule has 2 heterocycles. The predicted molar refractivity (Wildman–Crippen MR) is 85.6 cm³/mol. The van der Waals surface area contributed by atoms with Gasteiger partial charge in [-0.2, -0.15) is 0 Å². The second-order valence-electron chi connectivity index (χ2n) is 5.71.